The Hall–Kier alpha value is -1.96. The summed E-state index contributed by atoms with van der Waals surface area (Å²) >= 11 is 0. The maximum atomic E-state index is 12.0. The third-order valence-corrected chi connectivity index (χ3v) is 8.51. The highest BCUT2D eigenvalue weighted by atomic mass is 16.6. The van der Waals surface area contributed by atoms with E-state index in [2.05, 4.69) is 45.1 Å². The Labute approximate surface area is 294 Å². The quantitative estimate of drug-likeness (QED) is 0.0353. The van der Waals surface area contributed by atoms with Gasteiger partial charge in [0.25, 0.3) is 0 Å². The molecule has 0 aliphatic carbocycles. The number of carbonyl (C=O) groups is 2. The van der Waals surface area contributed by atoms with Crippen molar-refractivity contribution in [3.05, 3.63) is 36.5 Å². The Bertz CT molecular complexity index is 820. The number of allylic oxidation sites excluding steroid dienone is 5. The van der Waals surface area contributed by atoms with Crippen molar-refractivity contribution in [2.45, 2.75) is 193 Å². The lowest BCUT2D eigenvalue weighted by Crippen LogP contribution is -2.26. The van der Waals surface area contributed by atoms with Crippen LogP contribution in [0, 0.1) is 5.92 Å². The van der Waals surface area contributed by atoms with E-state index < -0.39 is 24.3 Å². The van der Waals surface area contributed by atoms with Gasteiger partial charge in [0.1, 0.15) is 19.3 Å². The van der Waals surface area contributed by atoms with Crippen LogP contribution in [-0.2, 0) is 19.1 Å². The largest absolute Gasteiger partial charge is 0.463 e. The number of ether oxygens (including phenoxy) is 2. The lowest BCUT2D eigenvalue weighted by atomic mass is 10.0. The third-order valence-electron chi connectivity index (χ3n) is 8.51. The van der Waals surface area contributed by atoms with Gasteiger partial charge in [0.15, 0.2) is 0 Å². The Morgan fingerprint density at radius 3 is 1.56 bits per heavy atom. The molecular formula is C41H74O7. The average Bonchev–Trinajstić information content (AvgIpc) is 3.06. The third kappa shape index (κ3) is 33.9. The van der Waals surface area contributed by atoms with Crippen LogP contribution in [0.2, 0.25) is 0 Å². The van der Waals surface area contributed by atoms with Gasteiger partial charge in [-0.05, 0) is 57.3 Å². The Morgan fingerprint density at radius 2 is 1.02 bits per heavy atom. The molecule has 0 radical (unpaired) electrons. The molecule has 0 spiro atoms. The summed E-state index contributed by atoms with van der Waals surface area (Å²) in [5.74, 6) is -0.0103. The standard InChI is InChI=1S/C41H74O7/c1-4-5-6-7-8-9-10-14-17-20-23-26-30-38(43)39(44)31-28-33-41(46)48-35-37(42)34-47-40(45)32-27-24-21-18-15-12-11-13-16-19-22-25-29-36(2)3/h8-9,14,17,23,26,36-39,42-44H,4-7,10-13,15-16,18-22,24-25,27-35H2,1-3H3/b9-8-,17-14-,26-23-/t37-,38?,39?/m1/s1. The predicted octanol–water partition coefficient (Wildman–Crippen LogP) is 9.86. The van der Waals surface area contributed by atoms with Crippen LogP contribution in [0.3, 0.4) is 0 Å². The molecule has 0 bridgehead atoms. The molecule has 3 atom stereocenters. The summed E-state index contributed by atoms with van der Waals surface area (Å²) in [5, 5.41) is 30.4. The van der Waals surface area contributed by atoms with Crippen molar-refractivity contribution in [2.24, 2.45) is 5.92 Å². The molecule has 280 valence electrons. The van der Waals surface area contributed by atoms with Crippen LogP contribution in [0.1, 0.15) is 175 Å². The van der Waals surface area contributed by atoms with E-state index in [0.29, 0.717) is 19.3 Å². The molecule has 0 aromatic heterocycles. The average molecular weight is 679 g/mol. The summed E-state index contributed by atoms with van der Waals surface area (Å²) in [6, 6.07) is 0. The van der Waals surface area contributed by atoms with Gasteiger partial charge in [-0.1, -0.05) is 147 Å². The predicted molar refractivity (Wildman–Crippen MR) is 199 cm³/mol. The highest BCUT2D eigenvalue weighted by Gasteiger charge is 2.16. The summed E-state index contributed by atoms with van der Waals surface area (Å²) in [7, 11) is 0. The molecule has 3 N–H and O–H groups in total. The first kappa shape index (κ1) is 46.0. The normalized spacial score (nSPS) is 14.0. The smallest absolute Gasteiger partial charge is 0.305 e. The highest BCUT2D eigenvalue weighted by Crippen LogP contribution is 2.15. The number of esters is 2. The number of aliphatic hydroxyl groups excluding tert-OH is 3. The second kappa shape index (κ2) is 34.9. The lowest BCUT2D eigenvalue weighted by molar-refractivity contribution is -0.152. The zero-order valence-electron chi connectivity index (χ0n) is 31.1. The summed E-state index contributed by atoms with van der Waals surface area (Å²) in [5.41, 5.74) is 0. The summed E-state index contributed by atoms with van der Waals surface area (Å²) in [4.78, 5) is 24.0. The number of aliphatic hydroxyl groups is 3. The maximum Gasteiger partial charge on any atom is 0.305 e. The fraction of sp³-hybridized carbons (Fsp3) is 0.805. The summed E-state index contributed by atoms with van der Waals surface area (Å²) in [6.45, 7) is 6.35. The first-order valence-electron chi connectivity index (χ1n) is 19.6. The fourth-order valence-electron chi connectivity index (χ4n) is 5.37. The number of hydrogen-bond donors (Lipinski definition) is 3. The van der Waals surface area contributed by atoms with E-state index in [4.69, 9.17) is 9.47 Å². The fourth-order valence-corrected chi connectivity index (χ4v) is 5.37. The molecule has 0 rings (SSSR count). The van der Waals surface area contributed by atoms with Crippen molar-refractivity contribution in [2.75, 3.05) is 13.2 Å². The highest BCUT2D eigenvalue weighted by molar-refractivity contribution is 5.69. The van der Waals surface area contributed by atoms with Gasteiger partial charge < -0.3 is 24.8 Å². The molecule has 7 heteroatoms. The molecular weight excluding hydrogens is 604 g/mol. The van der Waals surface area contributed by atoms with E-state index in [-0.39, 0.29) is 32.0 Å². The van der Waals surface area contributed by atoms with Gasteiger partial charge in [-0.3, -0.25) is 9.59 Å². The second-order valence-corrected chi connectivity index (χ2v) is 13.8. The van der Waals surface area contributed by atoms with Crippen molar-refractivity contribution >= 4 is 11.9 Å². The Morgan fingerprint density at radius 1 is 0.542 bits per heavy atom. The molecule has 0 aromatic carbocycles. The SMILES string of the molecule is CCCCC/C=C\C/C=C\C/C=C\CC(O)C(O)CCCC(=O)OC[C@H](O)COC(=O)CCCCCCCCCCCCCCC(C)C. The van der Waals surface area contributed by atoms with Gasteiger partial charge in [0, 0.05) is 12.8 Å². The van der Waals surface area contributed by atoms with Crippen molar-refractivity contribution in [3.8, 4) is 0 Å². The van der Waals surface area contributed by atoms with E-state index in [1.165, 1.54) is 83.5 Å². The molecule has 0 saturated heterocycles. The molecule has 0 fully saturated rings. The van der Waals surface area contributed by atoms with E-state index in [9.17, 15) is 24.9 Å². The van der Waals surface area contributed by atoms with Gasteiger partial charge in [0.2, 0.25) is 0 Å². The first-order chi connectivity index (χ1) is 23.3. The maximum absolute atomic E-state index is 12.0. The molecule has 0 saturated carbocycles. The van der Waals surface area contributed by atoms with Crippen LogP contribution < -0.4 is 0 Å². The molecule has 7 nitrogen and oxygen atoms in total. The van der Waals surface area contributed by atoms with Gasteiger partial charge >= 0.3 is 11.9 Å². The van der Waals surface area contributed by atoms with Crippen molar-refractivity contribution in [1.82, 2.24) is 0 Å². The molecule has 2 unspecified atom stereocenters. The van der Waals surface area contributed by atoms with E-state index >= 15 is 0 Å². The minimum Gasteiger partial charge on any atom is -0.463 e. The topological polar surface area (TPSA) is 113 Å². The molecule has 0 amide bonds. The minimum atomic E-state index is -1.07. The Kier molecular flexibility index (Phi) is 33.5. The Balaban J connectivity index is 3.68. The number of hydrogen-bond acceptors (Lipinski definition) is 7. The van der Waals surface area contributed by atoms with Crippen molar-refractivity contribution in [3.63, 3.8) is 0 Å². The number of carbonyl (C=O) groups excluding carboxylic acids is 2. The van der Waals surface area contributed by atoms with Gasteiger partial charge in [-0.2, -0.15) is 0 Å². The summed E-state index contributed by atoms with van der Waals surface area (Å²) in [6.07, 6.45) is 33.8. The molecule has 0 aliphatic rings. The zero-order valence-corrected chi connectivity index (χ0v) is 31.1. The number of unbranched alkanes of at least 4 members (excludes halogenated alkanes) is 14. The van der Waals surface area contributed by atoms with Gasteiger partial charge in [0.05, 0.1) is 12.2 Å². The van der Waals surface area contributed by atoms with Crippen LogP contribution >= 0.6 is 0 Å². The van der Waals surface area contributed by atoms with E-state index in [0.717, 1.165) is 44.4 Å². The lowest BCUT2D eigenvalue weighted by Gasteiger charge is -2.16. The molecule has 0 aromatic rings. The van der Waals surface area contributed by atoms with Crippen molar-refractivity contribution < 1.29 is 34.4 Å². The van der Waals surface area contributed by atoms with Crippen LogP contribution in [-0.4, -0.2) is 58.8 Å². The van der Waals surface area contributed by atoms with Crippen LogP contribution in [0.25, 0.3) is 0 Å². The molecule has 0 heterocycles. The second-order valence-electron chi connectivity index (χ2n) is 13.8. The van der Waals surface area contributed by atoms with Crippen LogP contribution in [0.5, 0.6) is 0 Å². The van der Waals surface area contributed by atoms with E-state index in [1.54, 1.807) is 0 Å². The molecule has 48 heavy (non-hydrogen) atoms. The first-order valence-corrected chi connectivity index (χ1v) is 19.6. The van der Waals surface area contributed by atoms with E-state index in [1.807, 2.05) is 12.2 Å². The van der Waals surface area contributed by atoms with Crippen LogP contribution in [0.15, 0.2) is 36.5 Å². The van der Waals surface area contributed by atoms with Crippen LogP contribution in [0.4, 0.5) is 0 Å². The number of rotatable bonds is 34. The summed E-state index contributed by atoms with van der Waals surface area (Å²) < 4.78 is 10.2. The monoisotopic (exact) mass is 679 g/mol. The van der Waals surface area contributed by atoms with Gasteiger partial charge in [-0.25, -0.2) is 0 Å². The van der Waals surface area contributed by atoms with Gasteiger partial charge in [-0.15, -0.1) is 0 Å². The molecule has 0 aliphatic heterocycles. The minimum absolute atomic E-state index is 0.0720. The van der Waals surface area contributed by atoms with Crippen molar-refractivity contribution in [1.29, 1.82) is 0 Å². The zero-order chi connectivity index (χ0) is 35.5.